The van der Waals surface area contributed by atoms with Crippen molar-refractivity contribution in [3.63, 3.8) is 0 Å². The Labute approximate surface area is 152 Å². The van der Waals surface area contributed by atoms with Crippen molar-refractivity contribution in [3.8, 4) is 10.6 Å². The van der Waals surface area contributed by atoms with Gasteiger partial charge in [0.2, 0.25) is 5.91 Å². The van der Waals surface area contributed by atoms with Crippen LogP contribution in [0, 0.1) is 0 Å². The predicted molar refractivity (Wildman–Crippen MR) is 99.0 cm³/mol. The van der Waals surface area contributed by atoms with Crippen molar-refractivity contribution in [1.82, 2.24) is 15.0 Å². The smallest absolute Gasteiger partial charge is 0.234 e. The SMILES string of the molecule is CCN(C(=O)Cc1csc(-c2cccnc2)n1)c1ccc(Br)cn1. The largest absolute Gasteiger partial charge is 0.297 e. The zero-order chi connectivity index (χ0) is 16.9. The first-order chi connectivity index (χ1) is 11.7. The average molecular weight is 403 g/mol. The molecule has 0 saturated carbocycles. The van der Waals surface area contributed by atoms with Crippen LogP contribution in [0.15, 0.2) is 52.7 Å². The molecule has 24 heavy (non-hydrogen) atoms. The average Bonchev–Trinajstić information content (AvgIpc) is 3.06. The Morgan fingerprint density at radius 2 is 2.17 bits per heavy atom. The van der Waals surface area contributed by atoms with Gasteiger partial charge in [0, 0.05) is 40.6 Å². The zero-order valence-electron chi connectivity index (χ0n) is 13.0. The molecule has 122 valence electrons. The van der Waals surface area contributed by atoms with Gasteiger partial charge in [-0.3, -0.25) is 14.7 Å². The normalized spacial score (nSPS) is 10.6. The van der Waals surface area contributed by atoms with Gasteiger partial charge in [-0.2, -0.15) is 0 Å². The fraction of sp³-hybridized carbons (Fsp3) is 0.176. The molecule has 3 aromatic rings. The summed E-state index contributed by atoms with van der Waals surface area (Å²) >= 11 is 4.87. The lowest BCUT2D eigenvalue weighted by molar-refractivity contribution is -0.118. The third-order valence-electron chi connectivity index (χ3n) is 3.40. The molecule has 0 spiro atoms. The van der Waals surface area contributed by atoms with Gasteiger partial charge in [0.25, 0.3) is 0 Å². The van der Waals surface area contributed by atoms with E-state index in [-0.39, 0.29) is 12.3 Å². The molecule has 5 nitrogen and oxygen atoms in total. The summed E-state index contributed by atoms with van der Waals surface area (Å²) in [6.07, 6.45) is 5.44. The minimum Gasteiger partial charge on any atom is -0.297 e. The number of nitrogens with zero attached hydrogens (tertiary/aromatic N) is 4. The highest BCUT2D eigenvalue weighted by atomic mass is 79.9. The molecule has 1 amide bonds. The van der Waals surface area contributed by atoms with E-state index >= 15 is 0 Å². The molecule has 3 aromatic heterocycles. The first-order valence-corrected chi connectivity index (χ1v) is 9.11. The van der Waals surface area contributed by atoms with Crippen LogP contribution in [0.2, 0.25) is 0 Å². The third kappa shape index (κ3) is 3.85. The van der Waals surface area contributed by atoms with Crippen LogP contribution in [-0.4, -0.2) is 27.4 Å². The Bertz CT molecular complexity index is 820. The number of thiazole rings is 1. The molecule has 0 aliphatic rings. The van der Waals surface area contributed by atoms with Gasteiger partial charge in [-0.1, -0.05) is 0 Å². The standard InChI is InChI=1S/C17H15BrN4OS/c1-2-22(15-6-5-13(18)10-20-15)16(23)8-14-11-24-17(21-14)12-4-3-7-19-9-12/h3-7,9-11H,2,8H2,1H3. The van der Waals surface area contributed by atoms with E-state index in [0.717, 1.165) is 20.7 Å². The maximum atomic E-state index is 12.6. The van der Waals surface area contributed by atoms with Crippen LogP contribution < -0.4 is 4.90 Å². The summed E-state index contributed by atoms with van der Waals surface area (Å²) in [7, 11) is 0. The highest BCUT2D eigenvalue weighted by molar-refractivity contribution is 9.10. The minimum absolute atomic E-state index is 0.0182. The van der Waals surface area contributed by atoms with E-state index in [1.807, 2.05) is 36.6 Å². The molecule has 3 heterocycles. The number of halogens is 1. The molecule has 0 aliphatic carbocycles. The topological polar surface area (TPSA) is 59.0 Å². The molecule has 0 aromatic carbocycles. The first-order valence-electron chi connectivity index (χ1n) is 7.44. The molecule has 0 atom stereocenters. The molecule has 0 N–H and O–H groups in total. The second kappa shape index (κ2) is 7.63. The number of hydrogen-bond donors (Lipinski definition) is 0. The fourth-order valence-corrected chi connectivity index (χ4v) is 3.30. The van der Waals surface area contributed by atoms with Crippen molar-refractivity contribution in [2.75, 3.05) is 11.4 Å². The number of amides is 1. The molecular formula is C17H15BrN4OS. The second-order valence-corrected chi connectivity index (χ2v) is 6.81. The quantitative estimate of drug-likeness (QED) is 0.647. The van der Waals surface area contributed by atoms with E-state index < -0.39 is 0 Å². The van der Waals surface area contributed by atoms with E-state index in [2.05, 4.69) is 30.9 Å². The number of aromatic nitrogens is 3. The van der Waals surface area contributed by atoms with Gasteiger partial charge in [-0.05, 0) is 47.1 Å². The lowest BCUT2D eigenvalue weighted by Gasteiger charge is -2.19. The maximum Gasteiger partial charge on any atom is 0.234 e. The lowest BCUT2D eigenvalue weighted by atomic mass is 10.2. The van der Waals surface area contributed by atoms with Gasteiger partial charge >= 0.3 is 0 Å². The predicted octanol–water partition coefficient (Wildman–Crippen LogP) is 3.96. The van der Waals surface area contributed by atoms with Crippen LogP contribution in [0.1, 0.15) is 12.6 Å². The van der Waals surface area contributed by atoms with E-state index in [1.54, 1.807) is 23.5 Å². The van der Waals surface area contributed by atoms with E-state index in [0.29, 0.717) is 12.4 Å². The summed E-state index contributed by atoms with van der Waals surface area (Å²) in [6.45, 7) is 2.50. The highest BCUT2D eigenvalue weighted by Gasteiger charge is 2.17. The van der Waals surface area contributed by atoms with Gasteiger partial charge in [0.05, 0.1) is 12.1 Å². The number of rotatable bonds is 5. The molecule has 0 radical (unpaired) electrons. The van der Waals surface area contributed by atoms with Crippen LogP contribution in [0.25, 0.3) is 10.6 Å². The zero-order valence-corrected chi connectivity index (χ0v) is 15.4. The summed E-state index contributed by atoms with van der Waals surface area (Å²) in [6, 6.07) is 7.54. The number of likely N-dealkylation sites (N-methyl/N-ethyl adjacent to an activating group) is 1. The Balaban J connectivity index is 1.74. The monoisotopic (exact) mass is 402 g/mol. The van der Waals surface area contributed by atoms with Crippen molar-refractivity contribution in [3.05, 3.63) is 58.4 Å². The van der Waals surface area contributed by atoms with Crippen molar-refractivity contribution in [2.24, 2.45) is 0 Å². The lowest BCUT2D eigenvalue weighted by Crippen LogP contribution is -2.32. The van der Waals surface area contributed by atoms with E-state index in [9.17, 15) is 4.79 Å². The summed E-state index contributed by atoms with van der Waals surface area (Å²) in [4.78, 5) is 27.2. The van der Waals surface area contributed by atoms with E-state index in [1.165, 1.54) is 11.3 Å². The first kappa shape index (κ1) is 16.7. The van der Waals surface area contributed by atoms with Crippen LogP contribution in [0.5, 0.6) is 0 Å². The molecule has 0 saturated heterocycles. The minimum atomic E-state index is -0.0182. The van der Waals surface area contributed by atoms with Crippen molar-refractivity contribution in [1.29, 1.82) is 0 Å². The fourth-order valence-electron chi connectivity index (χ4n) is 2.25. The summed E-state index contributed by atoms with van der Waals surface area (Å²) in [5.41, 5.74) is 1.72. The van der Waals surface area contributed by atoms with Crippen LogP contribution >= 0.6 is 27.3 Å². The molecule has 0 fully saturated rings. The summed E-state index contributed by atoms with van der Waals surface area (Å²) in [5.74, 6) is 0.628. The summed E-state index contributed by atoms with van der Waals surface area (Å²) < 4.78 is 0.885. The number of carbonyl (C=O) groups excluding carboxylic acids is 1. The Kier molecular flexibility index (Phi) is 5.32. The van der Waals surface area contributed by atoms with Crippen LogP contribution in [0.4, 0.5) is 5.82 Å². The molecule has 3 rings (SSSR count). The molecule has 7 heteroatoms. The number of hydrogen-bond acceptors (Lipinski definition) is 5. The van der Waals surface area contributed by atoms with Gasteiger partial charge in [0.15, 0.2) is 0 Å². The molecule has 0 bridgehead atoms. The van der Waals surface area contributed by atoms with E-state index in [4.69, 9.17) is 0 Å². The summed E-state index contributed by atoms with van der Waals surface area (Å²) in [5, 5.41) is 2.79. The number of carbonyl (C=O) groups is 1. The maximum absolute atomic E-state index is 12.6. The van der Waals surface area contributed by atoms with Crippen molar-refractivity contribution < 1.29 is 4.79 Å². The second-order valence-electron chi connectivity index (χ2n) is 5.04. The molecular weight excluding hydrogens is 388 g/mol. The Morgan fingerprint density at radius 1 is 1.29 bits per heavy atom. The van der Waals surface area contributed by atoms with Gasteiger partial charge in [0.1, 0.15) is 10.8 Å². The third-order valence-corrected chi connectivity index (χ3v) is 4.81. The number of anilines is 1. The van der Waals surface area contributed by atoms with Crippen molar-refractivity contribution in [2.45, 2.75) is 13.3 Å². The molecule has 0 unspecified atom stereocenters. The Morgan fingerprint density at radius 3 is 2.83 bits per heavy atom. The highest BCUT2D eigenvalue weighted by Crippen LogP contribution is 2.23. The Hall–Kier alpha value is -2.12. The van der Waals surface area contributed by atoms with Gasteiger partial charge < -0.3 is 0 Å². The van der Waals surface area contributed by atoms with Crippen LogP contribution in [-0.2, 0) is 11.2 Å². The van der Waals surface area contributed by atoms with Gasteiger partial charge in [-0.15, -0.1) is 11.3 Å². The van der Waals surface area contributed by atoms with Gasteiger partial charge in [-0.25, -0.2) is 9.97 Å². The number of pyridine rings is 2. The van der Waals surface area contributed by atoms with Crippen LogP contribution in [0.3, 0.4) is 0 Å². The molecule has 0 aliphatic heterocycles. The van der Waals surface area contributed by atoms with Crippen molar-refractivity contribution >= 4 is 39.0 Å².